The highest BCUT2D eigenvalue weighted by Gasteiger charge is 2.05. The zero-order chi connectivity index (χ0) is 8.10. The van der Waals surface area contributed by atoms with Crippen molar-refractivity contribution in [3.8, 4) is 0 Å². The van der Waals surface area contributed by atoms with Gasteiger partial charge in [0.15, 0.2) is 0 Å². The molecular formula is C8H12O2S. The fourth-order valence-electron chi connectivity index (χ4n) is 0.861. The molecule has 0 aromatic carbocycles. The summed E-state index contributed by atoms with van der Waals surface area (Å²) >= 11 is 1.60. The van der Waals surface area contributed by atoms with E-state index < -0.39 is 0 Å². The molecule has 1 aromatic rings. The maximum atomic E-state index is 9.47. The fourth-order valence-corrected chi connectivity index (χ4v) is 1.57. The van der Waals surface area contributed by atoms with Gasteiger partial charge in [-0.15, -0.1) is 0 Å². The Balaban J connectivity index is 2.36. The average Bonchev–Trinajstić information content (AvgIpc) is 2.52. The number of thiophene rings is 1. The van der Waals surface area contributed by atoms with Gasteiger partial charge in [-0.25, -0.2) is 0 Å². The van der Waals surface area contributed by atoms with Crippen molar-refractivity contribution in [2.75, 3.05) is 13.7 Å². The van der Waals surface area contributed by atoms with Crippen LogP contribution in [-0.4, -0.2) is 18.8 Å². The topological polar surface area (TPSA) is 29.5 Å². The van der Waals surface area contributed by atoms with E-state index in [1.165, 1.54) is 0 Å². The Bertz CT molecular complexity index is 184. The van der Waals surface area contributed by atoms with Gasteiger partial charge in [-0.2, -0.15) is 11.3 Å². The Morgan fingerprint density at radius 3 is 3.09 bits per heavy atom. The lowest BCUT2D eigenvalue weighted by molar-refractivity contribution is 0.111. The van der Waals surface area contributed by atoms with Gasteiger partial charge in [-0.1, -0.05) is 0 Å². The molecule has 1 N–H and O–H groups in total. The van der Waals surface area contributed by atoms with E-state index in [0.29, 0.717) is 13.0 Å². The number of hydrogen-bond donors (Lipinski definition) is 1. The third-order valence-electron chi connectivity index (χ3n) is 1.52. The molecule has 0 aliphatic carbocycles. The normalized spacial score (nSPS) is 13.3. The largest absolute Gasteiger partial charge is 0.388 e. The van der Waals surface area contributed by atoms with E-state index in [1.807, 2.05) is 16.8 Å². The number of aliphatic hydroxyl groups excluding tert-OH is 1. The minimum Gasteiger partial charge on any atom is -0.388 e. The zero-order valence-electron chi connectivity index (χ0n) is 6.49. The van der Waals surface area contributed by atoms with E-state index in [0.717, 1.165) is 5.56 Å². The highest BCUT2D eigenvalue weighted by Crippen LogP contribution is 2.18. The highest BCUT2D eigenvalue weighted by molar-refractivity contribution is 7.07. The van der Waals surface area contributed by atoms with Crippen molar-refractivity contribution < 1.29 is 9.84 Å². The Kier molecular flexibility index (Phi) is 3.56. The Hall–Kier alpha value is -0.380. The Morgan fingerprint density at radius 2 is 2.55 bits per heavy atom. The molecule has 3 heteroatoms. The van der Waals surface area contributed by atoms with Gasteiger partial charge < -0.3 is 9.84 Å². The van der Waals surface area contributed by atoms with Crippen molar-refractivity contribution in [3.05, 3.63) is 22.4 Å². The predicted molar refractivity (Wildman–Crippen MR) is 45.8 cm³/mol. The van der Waals surface area contributed by atoms with Crippen LogP contribution >= 0.6 is 11.3 Å². The van der Waals surface area contributed by atoms with E-state index >= 15 is 0 Å². The quantitative estimate of drug-likeness (QED) is 0.750. The maximum Gasteiger partial charge on any atom is 0.0820 e. The van der Waals surface area contributed by atoms with Crippen LogP contribution in [-0.2, 0) is 4.74 Å². The van der Waals surface area contributed by atoms with Crippen molar-refractivity contribution in [1.82, 2.24) is 0 Å². The summed E-state index contributed by atoms with van der Waals surface area (Å²) in [4.78, 5) is 0. The lowest BCUT2D eigenvalue weighted by atomic mass is 10.1. The average molecular weight is 172 g/mol. The third kappa shape index (κ3) is 2.61. The van der Waals surface area contributed by atoms with Gasteiger partial charge in [-0.3, -0.25) is 0 Å². The predicted octanol–water partition coefficient (Wildman–Crippen LogP) is 1.82. The summed E-state index contributed by atoms with van der Waals surface area (Å²) in [6.07, 6.45) is 0.314. The summed E-state index contributed by atoms with van der Waals surface area (Å²) in [5, 5.41) is 13.4. The molecule has 0 saturated heterocycles. The molecule has 1 aromatic heterocycles. The Morgan fingerprint density at radius 1 is 1.73 bits per heavy atom. The molecule has 0 spiro atoms. The van der Waals surface area contributed by atoms with Crippen molar-refractivity contribution in [2.45, 2.75) is 12.5 Å². The van der Waals surface area contributed by atoms with Gasteiger partial charge in [-0.05, 0) is 22.4 Å². The molecule has 2 nitrogen and oxygen atoms in total. The Labute approximate surface area is 70.4 Å². The first-order chi connectivity index (χ1) is 5.34. The molecule has 0 aliphatic heterocycles. The molecule has 0 aliphatic rings. The summed E-state index contributed by atoms with van der Waals surface area (Å²) in [7, 11) is 1.64. The van der Waals surface area contributed by atoms with Crippen LogP contribution < -0.4 is 0 Å². The second-order valence-electron chi connectivity index (χ2n) is 2.35. The highest BCUT2D eigenvalue weighted by atomic mass is 32.1. The van der Waals surface area contributed by atoms with Gasteiger partial charge in [0.2, 0.25) is 0 Å². The monoisotopic (exact) mass is 172 g/mol. The van der Waals surface area contributed by atoms with E-state index in [-0.39, 0.29) is 6.10 Å². The summed E-state index contributed by atoms with van der Waals surface area (Å²) in [5.74, 6) is 0. The summed E-state index contributed by atoms with van der Waals surface area (Å²) in [6, 6.07) is 1.94. The van der Waals surface area contributed by atoms with Crippen LogP contribution in [0.5, 0.6) is 0 Å². The van der Waals surface area contributed by atoms with Crippen molar-refractivity contribution in [3.63, 3.8) is 0 Å². The van der Waals surface area contributed by atoms with E-state index in [2.05, 4.69) is 0 Å². The first kappa shape index (κ1) is 8.71. The first-order valence-corrected chi connectivity index (χ1v) is 4.48. The second-order valence-corrected chi connectivity index (χ2v) is 3.13. The molecule has 0 bridgehead atoms. The van der Waals surface area contributed by atoms with Crippen LogP contribution in [0.25, 0.3) is 0 Å². The zero-order valence-corrected chi connectivity index (χ0v) is 7.30. The molecule has 1 heterocycles. The van der Waals surface area contributed by atoms with Crippen LogP contribution in [0.4, 0.5) is 0 Å². The number of aliphatic hydroxyl groups is 1. The van der Waals surface area contributed by atoms with Gasteiger partial charge in [0.05, 0.1) is 6.10 Å². The van der Waals surface area contributed by atoms with E-state index in [9.17, 15) is 5.11 Å². The van der Waals surface area contributed by atoms with Crippen LogP contribution in [0.15, 0.2) is 16.8 Å². The minimum absolute atomic E-state index is 0.360. The molecule has 0 fully saturated rings. The molecule has 1 atom stereocenters. The molecular weight excluding hydrogens is 160 g/mol. The standard InChI is InChI=1S/C8H12O2S/c1-10-4-2-8(9)7-3-5-11-6-7/h3,5-6,8-9H,2,4H2,1H3. The third-order valence-corrected chi connectivity index (χ3v) is 2.22. The molecule has 0 amide bonds. The van der Waals surface area contributed by atoms with Gasteiger partial charge >= 0.3 is 0 Å². The fraction of sp³-hybridized carbons (Fsp3) is 0.500. The van der Waals surface area contributed by atoms with E-state index in [4.69, 9.17) is 4.74 Å². The number of rotatable bonds is 4. The van der Waals surface area contributed by atoms with Crippen LogP contribution in [0, 0.1) is 0 Å². The van der Waals surface area contributed by atoms with Gasteiger partial charge in [0, 0.05) is 20.1 Å². The van der Waals surface area contributed by atoms with Crippen molar-refractivity contribution in [2.24, 2.45) is 0 Å². The molecule has 11 heavy (non-hydrogen) atoms. The number of methoxy groups -OCH3 is 1. The molecule has 1 rings (SSSR count). The van der Waals surface area contributed by atoms with Gasteiger partial charge in [0.25, 0.3) is 0 Å². The van der Waals surface area contributed by atoms with Crippen molar-refractivity contribution in [1.29, 1.82) is 0 Å². The summed E-state index contributed by atoms with van der Waals surface area (Å²) in [5.41, 5.74) is 0.993. The SMILES string of the molecule is COCCC(O)c1ccsc1. The van der Waals surface area contributed by atoms with E-state index in [1.54, 1.807) is 18.4 Å². The number of hydrogen-bond acceptors (Lipinski definition) is 3. The molecule has 1 unspecified atom stereocenters. The molecule has 62 valence electrons. The second kappa shape index (κ2) is 4.49. The minimum atomic E-state index is -0.360. The lowest BCUT2D eigenvalue weighted by Crippen LogP contribution is -1.99. The van der Waals surface area contributed by atoms with Crippen LogP contribution in [0.3, 0.4) is 0 Å². The van der Waals surface area contributed by atoms with Gasteiger partial charge in [0.1, 0.15) is 0 Å². The lowest BCUT2D eigenvalue weighted by Gasteiger charge is -2.06. The van der Waals surface area contributed by atoms with Crippen molar-refractivity contribution >= 4 is 11.3 Å². The molecule has 0 saturated carbocycles. The number of ether oxygens (including phenoxy) is 1. The summed E-state index contributed by atoms with van der Waals surface area (Å²) in [6.45, 7) is 0.608. The first-order valence-electron chi connectivity index (χ1n) is 3.53. The smallest absolute Gasteiger partial charge is 0.0820 e. The van der Waals surface area contributed by atoms with Crippen LogP contribution in [0.1, 0.15) is 18.1 Å². The summed E-state index contributed by atoms with van der Waals surface area (Å²) < 4.78 is 4.85. The van der Waals surface area contributed by atoms with Crippen LogP contribution in [0.2, 0.25) is 0 Å². The maximum absolute atomic E-state index is 9.47. The molecule has 0 radical (unpaired) electrons.